The maximum atomic E-state index is 13.1. The van der Waals surface area contributed by atoms with Gasteiger partial charge >= 0.3 is 0 Å². The van der Waals surface area contributed by atoms with Gasteiger partial charge in [0.25, 0.3) is 11.8 Å². The predicted molar refractivity (Wildman–Crippen MR) is 116 cm³/mol. The van der Waals surface area contributed by atoms with Crippen molar-refractivity contribution in [1.82, 2.24) is 20.1 Å². The van der Waals surface area contributed by atoms with Gasteiger partial charge in [-0.25, -0.2) is 9.67 Å². The van der Waals surface area contributed by atoms with E-state index in [1.165, 1.54) is 23.0 Å². The topological polar surface area (TPSA) is 136 Å². The van der Waals surface area contributed by atoms with Gasteiger partial charge in [-0.1, -0.05) is 11.6 Å². The zero-order valence-electron chi connectivity index (χ0n) is 16.0. The molecule has 2 heterocycles. The van der Waals surface area contributed by atoms with Crippen molar-refractivity contribution in [3.05, 3.63) is 68.5 Å². The first-order chi connectivity index (χ1) is 14.8. The van der Waals surface area contributed by atoms with Crippen LogP contribution in [0, 0.1) is 29.6 Å². The number of pyridine rings is 1. The van der Waals surface area contributed by atoms with Gasteiger partial charge in [-0.05, 0) is 52.7 Å². The number of carbonyl (C=O) groups is 2. The smallest absolute Gasteiger partial charge is 0.274 e. The molecule has 0 aliphatic heterocycles. The fraction of sp³-hybridized carbons (Fsp3) is 0.100. The number of nitrogens with one attached hydrogen (secondary N) is 2. The largest absolute Gasteiger partial charge is 0.339 e. The second kappa shape index (κ2) is 9.39. The van der Waals surface area contributed by atoms with Gasteiger partial charge in [0, 0.05) is 12.3 Å². The molecule has 0 fully saturated rings. The molecule has 0 aliphatic rings. The summed E-state index contributed by atoms with van der Waals surface area (Å²) in [5.74, 6) is -0.926. The number of hydrogen-bond donors (Lipinski definition) is 2. The third kappa shape index (κ3) is 4.72. The molecule has 0 spiro atoms. The Labute approximate surface area is 190 Å². The van der Waals surface area contributed by atoms with Gasteiger partial charge < -0.3 is 10.6 Å². The molecule has 0 saturated heterocycles. The van der Waals surface area contributed by atoms with Crippen LogP contribution in [0.4, 0.5) is 5.69 Å². The monoisotopic (exact) mass is 497 g/mol. The molecule has 154 valence electrons. The lowest BCUT2D eigenvalue weighted by Gasteiger charge is -2.15. The molecule has 2 amide bonds. The molecule has 3 rings (SSSR count). The number of carbonyl (C=O) groups excluding carboxylic acids is 2. The normalized spacial score (nSPS) is 10.1. The van der Waals surface area contributed by atoms with E-state index in [0.717, 1.165) is 0 Å². The molecule has 0 bridgehead atoms. The first-order valence-corrected chi connectivity index (χ1v) is 9.90. The summed E-state index contributed by atoms with van der Waals surface area (Å²) in [6.07, 6.45) is 1.51. The molecule has 0 unspecified atom stereocenters. The van der Waals surface area contributed by atoms with E-state index in [1.807, 2.05) is 12.1 Å². The van der Waals surface area contributed by atoms with Crippen LogP contribution in [0.1, 0.15) is 32.0 Å². The van der Waals surface area contributed by atoms with E-state index >= 15 is 0 Å². The fourth-order valence-electron chi connectivity index (χ4n) is 2.80. The molecule has 0 atom stereocenters. The maximum absolute atomic E-state index is 13.1. The molecule has 0 radical (unpaired) electrons. The summed E-state index contributed by atoms with van der Waals surface area (Å²) >= 11 is 9.44. The van der Waals surface area contributed by atoms with Gasteiger partial charge in [0.1, 0.15) is 16.8 Å². The summed E-state index contributed by atoms with van der Waals surface area (Å²) in [5.41, 5.74) is 1.11. The Morgan fingerprint density at radius 2 is 2.03 bits per heavy atom. The highest BCUT2D eigenvalue weighted by Crippen LogP contribution is 2.26. The maximum Gasteiger partial charge on any atom is 0.274 e. The number of rotatable bonds is 5. The zero-order valence-corrected chi connectivity index (χ0v) is 18.3. The van der Waals surface area contributed by atoms with Crippen molar-refractivity contribution in [3.63, 3.8) is 0 Å². The minimum Gasteiger partial charge on any atom is -0.339 e. The molecule has 2 N–H and O–H groups in total. The predicted octanol–water partition coefficient (Wildman–Crippen LogP) is 3.37. The lowest BCUT2D eigenvalue weighted by Crippen LogP contribution is -2.26. The Hall–Kier alpha value is -3.73. The van der Waals surface area contributed by atoms with E-state index in [-0.39, 0.29) is 34.9 Å². The first kappa shape index (κ1) is 22.0. The highest BCUT2D eigenvalue weighted by atomic mass is 79.9. The van der Waals surface area contributed by atoms with Gasteiger partial charge in [0.15, 0.2) is 5.82 Å². The van der Waals surface area contributed by atoms with Gasteiger partial charge in [0.05, 0.1) is 34.0 Å². The van der Waals surface area contributed by atoms with Gasteiger partial charge in [0.2, 0.25) is 0 Å². The van der Waals surface area contributed by atoms with E-state index < -0.39 is 11.8 Å². The Bertz CT molecular complexity index is 1270. The number of nitrogens with zero attached hydrogens (tertiary/aromatic N) is 5. The molecule has 2 aromatic heterocycles. The fourth-order valence-corrected chi connectivity index (χ4v) is 3.37. The Morgan fingerprint density at radius 1 is 1.26 bits per heavy atom. The number of benzene rings is 1. The summed E-state index contributed by atoms with van der Waals surface area (Å²) in [6, 6.07) is 11.4. The lowest BCUT2D eigenvalue weighted by atomic mass is 10.0. The zero-order chi connectivity index (χ0) is 22.5. The standard InChI is InChI=1S/C20H13BrClN7O2/c1-11-7-12(10-24)8-13(19(30)26-6-4-23)17(11)27-20(31)15-9-16(21)28-29(15)18-14(22)3-2-5-25-18/h2-3,5,7-9H,6H2,1H3,(H,26,30)(H,27,31). The van der Waals surface area contributed by atoms with Crippen molar-refractivity contribution in [2.45, 2.75) is 6.92 Å². The Balaban J connectivity index is 2.04. The number of anilines is 1. The van der Waals surface area contributed by atoms with Crippen LogP contribution >= 0.6 is 27.5 Å². The van der Waals surface area contributed by atoms with Crippen LogP contribution in [0.2, 0.25) is 5.02 Å². The average Bonchev–Trinajstić information content (AvgIpc) is 3.14. The third-order valence-corrected chi connectivity index (χ3v) is 4.81. The van der Waals surface area contributed by atoms with Crippen molar-refractivity contribution in [3.8, 4) is 18.0 Å². The second-order valence-electron chi connectivity index (χ2n) is 6.20. The van der Waals surface area contributed by atoms with Gasteiger partial charge in [-0.15, -0.1) is 0 Å². The van der Waals surface area contributed by atoms with Crippen LogP contribution in [0.3, 0.4) is 0 Å². The minimum absolute atomic E-state index is 0.0566. The molecule has 9 nitrogen and oxygen atoms in total. The van der Waals surface area contributed by atoms with Crippen LogP contribution in [-0.2, 0) is 0 Å². The SMILES string of the molecule is Cc1cc(C#N)cc(C(=O)NCC#N)c1NC(=O)c1cc(Br)nn1-c1ncccc1Cl. The van der Waals surface area contributed by atoms with E-state index in [2.05, 4.69) is 36.6 Å². The van der Waals surface area contributed by atoms with Crippen molar-refractivity contribution in [1.29, 1.82) is 10.5 Å². The molecule has 1 aromatic carbocycles. The lowest BCUT2D eigenvalue weighted by molar-refractivity contribution is 0.0959. The second-order valence-corrected chi connectivity index (χ2v) is 7.42. The van der Waals surface area contributed by atoms with Crippen LogP contribution in [0.5, 0.6) is 0 Å². The van der Waals surface area contributed by atoms with Crippen molar-refractivity contribution in [2.75, 3.05) is 11.9 Å². The third-order valence-electron chi connectivity index (χ3n) is 4.13. The number of amides is 2. The van der Waals surface area contributed by atoms with Crippen molar-refractivity contribution in [2.24, 2.45) is 0 Å². The van der Waals surface area contributed by atoms with Crippen molar-refractivity contribution >= 4 is 45.0 Å². The minimum atomic E-state index is -0.598. The Morgan fingerprint density at radius 3 is 2.71 bits per heavy atom. The summed E-state index contributed by atoms with van der Waals surface area (Å²) < 4.78 is 1.65. The van der Waals surface area contributed by atoms with Crippen LogP contribution in [0.15, 0.2) is 41.1 Å². The van der Waals surface area contributed by atoms with E-state index in [1.54, 1.807) is 25.1 Å². The summed E-state index contributed by atoms with van der Waals surface area (Å²) in [7, 11) is 0. The molecule has 31 heavy (non-hydrogen) atoms. The number of hydrogen-bond acceptors (Lipinski definition) is 6. The summed E-state index contributed by atoms with van der Waals surface area (Å²) in [6.45, 7) is 1.43. The van der Waals surface area contributed by atoms with E-state index in [9.17, 15) is 14.9 Å². The van der Waals surface area contributed by atoms with Crippen LogP contribution < -0.4 is 10.6 Å². The quantitative estimate of drug-likeness (QED) is 0.518. The molecule has 3 aromatic rings. The molecular formula is C20H13BrClN7O2. The Kier molecular flexibility index (Phi) is 6.65. The molecular weight excluding hydrogens is 486 g/mol. The highest BCUT2D eigenvalue weighted by molar-refractivity contribution is 9.10. The van der Waals surface area contributed by atoms with Crippen molar-refractivity contribution < 1.29 is 9.59 Å². The number of aromatic nitrogens is 3. The molecule has 0 aliphatic carbocycles. The first-order valence-electron chi connectivity index (χ1n) is 8.73. The van der Waals surface area contributed by atoms with E-state index in [0.29, 0.717) is 15.2 Å². The summed E-state index contributed by atoms with van der Waals surface area (Å²) in [4.78, 5) is 29.8. The van der Waals surface area contributed by atoms with Crippen LogP contribution in [0.25, 0.3) is 5.82 Å². The highest BCUT2D eigenvalue weighted by Gasteiger charge is 2.22. The number of nitriles is 2. The average molecular weight is 499 g/mol. The van der Waals surface area contributed by atoms with Crippen LogP contribution in [-0.4, -0.2) is 33.1 Å². The number of aryl methyl sites for hydroxylation is 1. The van der Waals surface area contributed by atoms with E-state index in [4.69, 9.17) is 16.9 Å². The molecule has 11 heteroatoms. The van der Waals surface area contributed by atoms with Gasteiger partial charge in [-0.3, -0.25) is 9.59 Å². The summed E-state index contributed by atoms with van der Waals surface area (Å²) in [5, 5.41) is 27.6. The van der Waals surface area contributed by atoms with Gasteiger partial charge in [-0.2, -0.15) is 15.6 Å². The number of halogens is 2. The molecule has 0 saturated carbocycles.